The van der Waals surface area contributed by atoms with Crippen LogP contribution in [0.3, 0.4) is 0 Å². The molecule has 0 amide bonds. The SMILES string of the molecule is COc1ccc2c(-c3nc4ccc(NCCc5ccncc5)cc4[nH]3)n[nH]c2c1. The molecule has 0 aliphatic heterocycles. The second-order valence-electron chi connectivity index (χ2n) is 6.83. The van der Waals surface area contributed by atoms with Crippen LogP contribution in [-0.2, 0) is 6.42 Å². The Morgan fingerprint density at radius 1 is 1.00 bits per heavy atom. The standard InChI is InChI=1S/C22H20N6O/c1-29-16-3-4-17-19(13-16)27-28-21(17)22-25-18-5-2-15(12-20(18)26-22)24-11-8-14-6-9-23-10-7-14/h2-7,9-10,12-13,24H,8,11H2,1H3,(H,25,26)(H,27,28). The lowest BCUT2D eigenvalue weighted by Gasteiger charge is -2.06. The Balaban J connectivity index is 1.38. The Morgan fingerprint density at radius 3 is 2.76 bits per heavy atom. The monoisotopic (exact) mass is 384 g/mol. The van der Waals surface area contributed by atoms with E-state index in [0.717, 1.165) is 57.9 Å². The molecule has 7 heteroatoms. The minimum atomic E-state index is 0.741. The Kier molecular flexibility index (Phi) is 4.32. The van der Waals surface area contributed by atoms with Gasteiger partial charge in [0, 0.05) is 36.1 Å². The van der Waals surface area contributed by atoms with Gasteiger partial charge in [-0.05, 0) is 54.4 Å². The highest BCUT2D eigenvalue weighted by Gasteiger charge is 2.13. The molecule has 0 saturated carbocycles. The number of nitrogens with zero attached hydrogens (tertiary/aromatic N) is 3. The fourth-order valence-electron chi connectivity index (χ4n) is 3.44. The molecule has 0 aliphatic carbocycles. The van der Waals surface area contributed by atoms with Crippen molar-refractivity contribution in [1.82, 2.24) is 25.1 Å². The normalized spacial score (nSPS) is 11.2. The van der Waals surface area contributed by atoms with Gasteiger partial charge in [-0.1, -0.05) is 0 Å². The van der Waals surface area contributed by atoms with Crippen LogP contribution in [0.25, 0.3) is 33.5 Å². The maximum absolute atomic E-state index is 5.28. The second kappa shape index (κ2) is 7.27. The van der Waals surface area contributed by atoms with Crippen molar-refractivity contribution in [3.8, 4) is 17.3 Å². The molecular formula is C22H20N6O. The molecule has 7 nitrogen and oxygen atoms in total. The number of methoxy groups -OCH3 is 1. The van der Waals surface area contributed by atoms with Crippen molar-refractivity contribution >= 4 is 27.6 Å². The van der Waals surface area contributed by atoms with E-state index in [4.69, 9.17) is 9.72 Å². The number of ether oxygens (including phenoxy) is 1. The van der Waals surface area contributed by atoms with Crippen molar-refractivity contribution in [2.45, 2.75) is 6.42 Å². The molecule has 0 bridgehead atoms. The number of benzene rings is 2. The van der Waals surface area contributed by atoms with Crippen LogP contribution >= 0.6 is 0 Å². The van der Waals surface area contributed by atoms with Crippen molar-refractivity contribution in [2.24, 2.45) is 0 Å². The van der Waals surface area contributed by atoms with Gasteiger partial charge in [0.15, 0.2) is 5.82 Å². The first-order chi connectivity index (χ1) is 14.3. The Morgan fingerprint density at radius 2 is 1.90 bits per heavy atom. The molecule has 2 aromatic carbocycles. The minimum Gasteiger partial charge on any atom is -0.497 e. The quantitative estimate of drug-likeness (QED) is 0.409. The zero-order chi connectivity index (χ0) is 19.6. The van der Waals surface area contributed by atoms with E-state index < -0.39 is 0 Å². The summed E-state index contributed by atoms with van der Waals surface area (Å²) in [5.74, 6) is 1.53. The van der Waals surface area contributed by atoms with Crippen LogP contribution < -0.4 is 10.1 Å². The smallest absolute Gasteiger partial charge is 0.159 e. The first-order valence-corrected chi connectivity index (χ1v) is 9.45. The number of aromatic amines is 2. The molecule has 0 aliphatic rings. The minimum absolute atomic E-state index is 0.741. The average Bonchev–Trinajstić information content (AvgIpc) is 3.37. The summed E-state index contributed by atoms with van der Waals surface area (Å²) in [6, 6.07) is 16.1. The molecule has 0 spiro atoms. The van der Waals surface area contributed by atoms with Crippen molar-refractivity contribution in [1.29, 1.82) is 0 Å². The van der Waals surface area contributed by atoms with Crippen LogP contribution in [-0.4, -0.2) is 38.8 Å². The molecular weight excluding hydrogens is 364 g/mol. The second-order valence-corrected chi connectivity index (χ2v) is 6.83. The molecule has 3 heterocycles. The maximum atomic E-state index is 5.28. The number of pyridine rings is 1. The molecule has 144 valence electrons. The lowest BCUT2D eigenvalue weighted by atomic mass is 10.2. The molecule has 0 fully saturated rings. The highest BCUT2D eigenvalue weighted by atomic mass is 16.5. The van der Waals surface area contributed by atoms with Crippen LogP contribution in [0.1, 0.15) is 5.56 Å². The van der Waals surface area contributed by atoms with E-state index in [1.807, 2.05) is 54.9 Å². The Labute approximate surface area is 167 Å². The van der Waals surface area contributed by atoms with Crippen molar-refractivity contribution in [2.75, 3.05) is 19.0 Å². The molecule has 0 saturated heterocycles. The van der Waals surface area contributed by atoms with Crippen LogP contribution in [0.4, 0.5) is 5.69 Å². The van der Waals surface area contributed by atoms with Crippen LogP contribution in [0.5, 0.6) is 5.75 Å². The molecule has 0 radical (unpaired) electrons. The highest BCUT2D eigenvalue weighted by molar-refractivity contribution is 5.94. The first-order valence-electron chi connectivity index (χ1n) is 9.45. The summed E-state index contributed by atoms with van der Waals surface area (Å²) in [5, 5.41) is 12.0. The van der Waals surface area contributed by atoms with Gasteiger partial charge in [0.1, 0.15) is 11.4 Å². The predicted octanol–water partition coefficient (Wildman–Crippen LogP) is 4.16. The Bertz CT molecular complexity index is 1270. The summed E-state index contributed by atoms with van der Waals surface area (Å²) in [6.45, 7) is 0.850. The number of hydrogen-bond acceptors (Lipinski definition) is 5. The van der Waals surface area contributed by atoms with E-state index in [2.05, 4.69) is 31.5 Å². The van der Waals surface area contributed by atoms with Gasteiger partial charge in [0.05, 0.1) is 23.7 Å². The molecule has 3 aromatic heterocycles. The third-order valence-corrected chi connectivity index (χ3v) is 4.97. The van der Waals surface area contributed by atoms with Gasteiger partial charge in [-0.25, -0.2) is 4.98 Å². The first kappa shape index (κ1) is 17.2. The third kappa shape index (κ3) is 3.38. The number of nitrogens with one attached hydrogen (secondary N) is 3. The summed E-state index contributed by atoms with van der Waals surface area (Å²) in [4.78, 5) is 12.2. The summed E-state index contributed by atoms with van der Waals surface area (Å²) in [5.41, 5.74) is 5.91. The number of anilines is 1. The largest absolute Gasteiger partial charge is 0.497 e. The van der Waals surface area contributed by atoms with Gasteiger partial charge in [-0.15, -0.1) is 0 Å². The molecule has 5 aromatic rings. The van der Waals surface area contributed by atoms with Crippen LogP contribution in [0.15, 0.2) is 60.9 Å². The number of aromatic nitrogens is 5. The molecule has 29 heavy (non-hydrogen) atoms. The topological polar surface area (TPSA) is 91.5 Å². The molecule has 5 rings (SSSR count). The number of imidazole rings is 1. The van der Waals surface area contributed by atoms with E-state index in [1.54, 1.807) is 7.11 Å². The molecule has 0 atom stereocenters. The molecule has 0 unspecified atom stereocenters. The summed E-state index contributed by atoms with van der Waals surface area (Å²) < 4.78 is 5.28. The zero-order valence-electron chi connectivity index (χ0n) is 15.9. The average molecular weight is 384 g/mol. The number of hydrogen-bond donors (Lipinski definition) is 3. The van der Waals surface area contributed by atoms with Crippen LogP contribution in [0.2, 0.25) is 0 Å². The third-order valence-electron chi connectivity index (χ3n) is 4.97. The maximum Gasteiger partial charge on any atom is 0.159 e. The number of fused-ring (bicyclic) bond motifs is 2. The van der Waals surface area contributed by atoms with Gasteiger partial charge < -0.3 is 15.0 Å². The fourth-order valence-corrected chi connectivity index (χ4v) is 3.44. The fraction of sp³-hybridized carbons (Fsp3) is 0.136. The lowest BCUT2D eigenvalue weighted by Crippen LogP contribution is -2.04. The van der Waals surface area contributed by atoms with Crippen molar-refractivity contribution < 1.29 is 4.74 Å². The number of H-pyrrole nitrogens is 2. The lowest BCUT2D eigenvalue weighted by molar-refractivity contribution is 0.415. The van der Waals surface area contributed by atoms with Crippen molar-refractivity contribution in [3.05, 3.63) is 66.5 Å². The van der Waals surface area contributed by atoms with Crippen molar-refractivity contribution in [3.63, 3.8) is 0 Å². The van der Waals surface area contributed by atoms with Crippen LogP contribution in [0, 0.1) is 0 Å². The zero-order valence-corrected chi connectivity index (χ0v) is 15.9. The molecule has 3 N–H and O–H groups in total. The van der Waals surface area contributed by atoms with E-state index >= 15 is 0 Å². The summed E-state index contributed by atoms with van der Waals surface area (Å²) in [6.07, 6.45) is 4.59. The van der Waals surface area contributed by atoms with E-state index in [1.165, 1.54) is 5.56 Å². The highest BCUT2D eigenvalue weighted by Crippen LogP contribution is 2.29. The predicted molar refractivity (Wildman–Crippen MR) is 114 cm³/mol. The Hall–Kier alpha value is -3.87. The van der Waals surface area contributed by atoms with E-state index in [0.29, 0.717) is 0 Å². The van der Waals surface area contributed by atoms with Gasteiger partial charge in [-0.2, -0.15) is 5.10 Å². The summed E-state index contributed by atoms with van der Waals surface area (Å²) >= 11 is 0. The summed E-state index contributed by atoms with van der Waals surface area (Å²) in [7, 11) is 1.65. The van der Waals surface area contributed by atoms with E-state index in [-0.39, 0.29) is 0 Å². The van der Waals surface area contributed by atoms with Gasteiger partial charge in [0.2, 0.25) is 0 Å². The van der Waals surface area contributed by atoms with Gasteiger partial charge >= 0.3 is 0 Å². The van der Waals surface area contributed by atoms with Gasteiger partial charge in [-0.3, -0.25) is 10.1 Å². The van der Waals surface area contributed by atoms with E-state index in [9.17, 15) is 0 Å². The number of rotatable bonds is 6. The van der Waals surface area contributed by atoms with Gasteiger partial charge in [0.25, 0.3) is 0 Å².